The molecule has 1 unspecified atom stereocenters. The summed E-state index contributed by atoms with van der Waals surface area (Å²) in [6.07, 6.45) is 8.14. The molecule has 0 aromatic heterocycles. The molecule has 1 aliphatic carbocycles. The van der Waals surface area contributed by atoms with E-state index >= 15 is 0 Å². The molecule has 0 amide bonds. The Bertz CT molecular complexity index is 331. The van der Waals surface area contributed by atoms with Crippen molar-refractivity contribution in [1.29, 1.82) is 0 Å². The maximum absolute atomic E-state index is 3.62. The minimum Gasteiger partial charge on any atom is -0.314 e. The van der Waals surface area contributed by atoms with Gasteiger partial charge in [0.2, 0.25) is 0 Å². The third kappa shape index (κ3) is 2.46. The SMILES string of the molecule is c1cc(C2CC2)ccc1CC1CCCCN1. The normalized spacial score (nSPS) is 25.6. The fraction of sp³-hybridized carbons (Fsp3) is 0.600. The van der Waals surface area contributed by atoms with Gasteiger partial charge in [-0.2, -0.15) is 0 Å². The van der Waals surface area contributed by atoms with Crippen LogP contribution < -0.4 is 5.32 Å². The smallest absolute Gasteiger partial charge is 0.0107 e. The molecule has 1 saturated carbocycles. The summed E-state index contributed by atoms with van der Waals surface area (Å²) in [5.74, 6) is 0.891. The van der Waals surface area contributed by atoms with Crippen molar-refractivity contribution in [3.05, 3.63) is 35.4 Å². The fourth-order valence-corrected chi connectivity index (χ4v) is 2.73. The highest BCUT2D eigenvalue weighted by Crippen LogP contribution is 2.39. The van der Waals surface area contributed by atoms with Gasteiger partial charge in [0, 0.05) is 6.04 Å². The highest BCUT2D eigenvalue weighted by Gasteiger charge is 2.23. The highest BCUT2D eigenvalue weighted by molar-refractivity contribution is 5.28. The lowest BCUT2D eigenvalue weighted by Crippen LogP contribution is -2.35. The molecule has 86 valence electrons. The molecule has 1 aliphatic heterocycles. The van der Waals surface area contributed by atoms with Gasteiger partial charge in [0.25, 0.3) is 0 Å². The summed E-state index contributed by atoms with van der Waals surface area (Å²) in [5.41, 5.74) is 3.06. The zero-order valence-electron chi connectivity index (χ0n) is 9.91. The van der Waals surface area contributed by atoms with E-state index < -0.39 is 0 Å². The summed E-state index contributed by atoms with van der Waals surface area (Å²) < 4.78 is 0. The Morgan fingerprint density at radius 1 is 1.00 bits per heavy atom. The summed E-state index contributed by atoms with van der Waals surface area (Å²) in [6.45, 7) is 1.21. The van der Waals surface area contributed by atoms with E-state index in [0.29, 0.717) is 0 Å². The molecule has 0 bridgehead atoms. The predicted molar refractivity (Wildman–Crippen MR) is 67.8 cm³/mol. The van der Waals surface area contributed by atoms with Crippen LogP contribution in [0.1, 0.15) is 49.1 Å². The molecule has 1 heteroatoms. The maximum Gasteiger partial charge on any atom is 0.0107 e. The molecule has 1 saturated heterocycles. The van der Waals surface area contributed by atoms with Gasteiger partial charge in [-0.15, -0.1) is 0 Å². The van der Waals surface area contributed by atoms with Crippen LogP contribution in [-0.2, 0) is 6.42 Å². The van der Waals surface area contributed by atoms with Crippen molar-refractivity contribution in [3.8, 4) is 0 Å². The van der Waals surface area contributed by atoms with E-state index in [2.05, 4.69) is 29.6 Å². The molecular weight excluding hydrogens is 194 g/mol. The van der Waals surface area contributed by atoms with Crippen molar-refractivity contribution in [2.45, 2.75) is 50.5 Å². The molecule has 0 spiro atoms. The third-order valence-electron chi connectivity index (χ3n) is 3.92. The zero-order valence-corrected chi connectivity index (χ0v) is 9.91. The molecule has 1 heterocycles. The largest absolute Gasteiger partial charge is 0.314 e. The quantitative estimate of drug-likeness (QED) is 0.816. The number of rotatable bonds is 3. The summed E-state index contributed by atoms with van der Waals surface area (Å²) in [4.78, 5) is 0. The van der Waals surface area contributed by atoms with Crippen molar-refractivity contribution < 1.29 is 0 Å². The number of hydrogen-bond donors (Lipinski definition) is 1. The highest BCUT2D eigenvalue weighted by atomic mass is 14.9. The Labute approximate surface area is 98.3 Å². The number of piperidine rings is 1. The summed E-state index contributed by atoms with van der Waals surface area (Å²) in [6, 6.07) is 10.1. The van der Waals surface area contributed by atoms with Gasteiger partial charge in [-0.25, -0.2) is 0 Å². The lowest BCUT2D eigenvalue weighted by Gasteiger charge is -2.23. The van der Waals surface area contributed by atoms with Crippen LogP contribution in [0.15, 0.2) is 24.3 Å². The summed E-state index contributed by atoms with van der Waals surface area (Å²) in [5, 5.41) is 3.62. The number of benzene rings is 1. The van der Waals surface area contributed by atoms with Crippen LogP contribution in [0.25, 0.3) is 0 Å². The van der Waals surface area contributed by atoms with Crippen molar-refractivity contribution in [3.63, 3.8) is 0 Å². The molecule has 1 aromatic rings. The second-order valence-corrected chi connectivity index (χ2v) is 5.37. The Balaban J connectivity index is 1.60. The first kappa shape index (κ1) is 10.3. The van der Waals surface area contributed by atoms with Gasteiger partial charge in [0.05, 0.1) is 0 Å². The van der Waals surface area contributed by atoms with Gasteiger partial charge in [-0.3, -0.25) is 0 Å². The van der Waals surface area contributed by atoms with Crippen LogP contribution >= 0.6 is 0 Å². The van der Waals surface area contributed by atoms with E-state index in [1.165, 1.54) is 50.6 Å². The van der Waals surface area contributed by atoms with Crippen LogP contribution in [0.2, 0.25) is 0 Å². The van der Waals surface area contributed by atoms with Crippen molar-refractivity contribution in [2.24, 2.45) is 0 Å². The van der Waals surface area contributed by atoms with Crippen LogP contribution in [0.3, 0.4) is 0 Å². The van der Waals surface area contributed by atoms with Gasteiger partial charge in [0.15, 0.2) is 0 Å². The Hall–Kier alpha value is -0.820. The average Bonchev–Trinajstić information content (AvgIpc) is 3.15. The molecule has 2 aliphatic rings. The van der Waals surface area contributed by atoms with E-state index in [0.717, 1.165) is 12.0 Å². The number of hydrogen-bond acceptors (Lipinski definition) is 1. The first-order chi connectivity index (χ1) is 7.92. The molecule has 1 aromatic carbocycles. The van der Waals surface area contributed by atoms with Crippen LogP contribution in [-0.4, -0.2) is 12.6 Å². The molecule has 2 fully saturated rings. The zero-order chi connectivity index (χ0) is 10.8. The van der Waals surface area contributed by atoms with E-state index in [9.17, 15) is 0 Å². The molecule has 3 rings (SSSR count). The van der Waals surface area contributed by atoms with Crippen molar-refractivity contribution in [2.75, 3.05) is 6.54 Å². The summed E-state index contributed by atoms with van der Waals surface area (Å²) in [7, 11) is 0. The van der Waals surface area contributed by atoms with E-state index in [1.54, 1.807) is 5.56 Å². The molecule has 0 radical (unpaired) electrons. The second-order valence-electron chi connectivity index (χ2n) is 5.37. The standard InChI is InChI=1S/C15H21N/c1-2-10-16-15(3-1)11-12-4-6-13(7-5-12)14-8-9-14/h4-7,14-16H,1-3,8-11H2. The lowest BCUT2D eigenvalue weighted by molar-refractivity contribution is 0.399. The van der Waals surface area contributed by atoms with E-state index in [-0.39, 0.29) is 0 Å². The monoisotopic (exact) mass is 215 g/mol. The van der Waals surface area contributed by atoms with Gasteiger partial charge < -0.3 is 5.32 Å². The molecule has 1 nitrogen and oxygen atoms in total. The number of nitrogens with one attached hydrogen (secondary N) is 1. The van der Waals surface area contributed by atoms with Gasteiger partial charge in [0.1, 0.15) is 0 Å². The average molecular weight is 215 g/mol. The van der Waals surface area contributed by atoms with Gasteiger partial charge in [-0.05, 0) is 55.7 Å². The van der Waals surface area contributed by atoms with E-state index in [4.69, 9.17) is 0 Å². The molecule has 1 N–H and O–H groups in total. The van der Waals surface area contributed by atoms with Gasteiger partial charge in [-0.1, -0.05) is 30.7 Å². The Kier molecular flexibility index (Phi) is 2.96. The minimum atomic E-state index is 0.723. The fourth-order valence-electron chi connectivity index (χ4n) is 2.73. The van der Waals surface area contributed by atoms with Crippen LogP contribution in [0.4, 0.5) is 0 Å². The Morgan fingerprint density at radius 3 is 2.44 bits per heavy atom. The maximum atomic E-state index is 3.62. The van der Waals surface area contributed by atoms with Crippen molar-refractivity contribution >= 4 is 0 Å². The predicted octanol–water partition coefficient (Wildman–Crippen LogP) is 3.25. The minimum absolute atomic E-state index is 0.723. The van der Waals surface area contributed by atoms with Crippen molar-refractivity contribution in [1.82, 2.24) is 5.32 Å². The molecule has 1 atom stereocenters. The molecule has 16 heavy (non-hydrogen) atoms. The second kappa shape index (κ2) is 4.58. The van der Waals surface area contributed by atoms with Crippen LogP contribution in [0, 0.1) is 0 Å². The molecular formula is C15H21N. The third-order valence-corrected chi connectivity index (χ3v) is 3.92. The van der Waals surface area contributed by atoms with E-state index in [1.807, 2.05) is 0 Å². The first-order valence-electron chi connectivity index (χ1n) is 6.74. The Morgan fingerprint density at radius 2 is 1.81 bits per heavy atom. The topological polar surface area (TPSA) is 12.0 Å². The van der Waals surface area contributed by atoms with Crippen LogP contribution in [0.5, 0.6) is 0 Å². The van der Waals surface area contributed by atoms with Gasteiger partial charge >= 0.3 is 0 Å². The summed E-state index contributed by atoms with van der Waals surface area (Å²) >= 11 is 0. The first-order valence-corrected chi connectivity index (χ1v) is 6.74. The lowest BCUT2D eigenvalue weighted by atomic mass is 9.97.